The quantitative estimate of drug-likeness (QED) is 0.108. The van der Waals surface area contributed by atoms with E-state index in [9.17, 15) is 0 Å². The van der Waals surface area contributed by atoms with Crippen molar-refractivity contribution >= 4 is 18.6 Å². The van der Waals surface area contributed by atoms with Crippen LogP contribution in [-0.4, -0.2) is 48.3 Å². The van der Waals surface area contributed by atoms with Crippen LogP contribution < -0.4 is 0 Å². The third-order valence-electron chi connectivity index (χ3n) is 9.17. The van der Waals surface area contributed by atoms with Crippen molar-refractivity contribution in [3.05, 3.63) is 0 Å². The smallest absolute Gasteiger partial charge is 0.197 e. The predicted octanol–water partition coefficient (Wildman–Crippen LogP) is 8.60. The first-order chi connectivity index (χ1) is 17.6. The van der Waals surface area contributed by atoms with Gasteiger partial charge in [-0.05, 0) is 51.9 Å². The van der Waals surface area contributed by atoms with Crippen LogP contribution in [0.4, 0.5) is 0 Å². The molecule has 0 aromatic carbocycles. The maximum absolute atomic E-state index is 6.70. The highest BCUT2D eigenvalue weighted by molar-refractivity contribution is 6.61. The second-order valence-corrected chi connectivity index (χ2v) is 17.5. The number of unbranched alkanes of at least 4 members (excludes halogenated alkanes) is 14. The predicted molar refractivity (Wildman–Crippen MR) is 163 cm³/mol. The number of ether oxygens (including phenoxy) is 2. The largest absolute Gasteiger partial charge is 0.418 e. The summed E-state index contributed by atoms with van der Waals surface area (Å²) in [5, 5.41) is -0.0401. The molecule has 2 aliphatic heterocycles. The average Bonchev–Trinajstić information content (AvgIpc) is 2.90. The topological polar surface area (TPSA) is 27.7 Å². The van der Waals surface area contributed by atoms with E-state index in [-0.39, 0.29) is 10.4 Å². The fraction of sp³-hybridized carbons (Fsp3) is 1.00. The van der Waals surface area contributed by atoms with E-state index in [4.69, 9.17) is 13.9 Å². The molecule has 2 heterocycles. The summed E-state index contributed by atoms with van der Waals surface area (Å²) >= 11 is 0. The summed E-state index contributed by atoms with van der Waals surface area (Å²) in [6.45, 7) is 11.4. The molecule has 36 heavy (non-hydrogen) atoms. The number of hydrogen-bond donors (Lipinski definition) is 0. The molecule has 0 aromatic heterocycles. The molecular weight excluding hydrogens is 477 g/mol. The molecule has 0 N–H and O–H groups in total. The third-order valence-corrected chi connectivity index (χ3v) is 14.8. The average molecular weight is 541 g/mol. The second-order valence-electron chi connectivity index (χ2n) is 12.5. The molecule has 0 spiro atoms. The van der Waals surface area contributed by atoms with Crippen molar-refractivity contribution in [3.8, 4) is 0 Å². The summed E-state index contributed by atoms with van der Waals surface area (Å²) in [5.74, 6) is 0. The van der Waals surface area contributed by atoms with E-state index in [1.807, 2.05) is 0 Å². The highest BCUT2D eigenvalue weighted by atomic mass is 28.3. The molecule has 2 rings (SSSR count). The van der Waals surface area contributed by atoms with Crippen molar-refractivity contribution in [3.63, 3.8) is 0 Å². The van der Waals surface area contributed by atoms with Gasteiger partial charge in [-0.25, -0.2) is 0 Å². The first-order valence-corrected chi connectivity index (χ1v) is 20.6. The maximum atomic E-state index is 6.70. The number of hydrogen-bond acceptors (Lipinski definition) is 3. The van der Waals surface area contributed by atoms with Gasteiger partial charge >= 0.3 is 0 Å². The Morgan fingerprint density at radius 1 is 0.694 bits per heavy atom. The minimum atomic E-state index is -1.04. The summed E-state index contributed by atoms with van der Waals surface area (Å²) in [5.41, 5.74) is 0. The fourth-order valence-corrected chi connectivity index (χ4v) is 12.6. The van der Waals surface area contributed by atoms with Gasteiger partial charge in [0.2, 0.25) is 0 Å². The van der Waals surface area contributed by atoms with Gasteiger partial charge in [0, 0.05) is 19.3 Å². The van der Waals surface area contributed by atoms with Gasteiger partial charge in [-0.2, -0.15) is 0 Å². The summed E-state index contributed by atoms with van der Waals surface area (Å²) < 4.78 is 20.1. The van der Waals surface area contributed by atoms with Gasteiger partial charge in [-0.1, -0.05) is 116 Å². The first-order valence-electron chi connectivity index (χ1n) is 16.5. The maximum Gasteiger partial charge on any atom is 0.197 e. The molecule has 0 saturated carbocycles. The van der Waals surface area contributed by atoms with Gasteiger partial charge in [0.25, 0.3) is 0 Å². The van der Waals surface area contributed by atoms with Crippen molar-refractivity contribution in [1.82, 2.24) is 0 Å². The Balaban J connectivity index is 1.54. The van der Waals surface area contributed by atoms with E-state index >= 15 is 0 Å². The monoisotopic (exact) mass is 540 g/mol. The second kappa shape index (κ2) is 19.4. The van der Waals surface area contributed by atoms with Crippen LogP contribution in [0.25, 0.3) is 0 Å². The van der Waals surface area contributed by atoms with Crippen LogP contribution in [-0.2, 0) is 13.9 Å². The van der Waals surface area contributed by atoms with Crippen LogP contribution in [0.3, 0.4) is 0 Å². The highest BCUT2D eigenvalue weighted by Gasteiger charge is 2.57. The minimum absolute atomic E-state index is 0.0201. The van der Waals surface area contributed by atoms with Crippen LogP contribution in [0.1, 0.15) is 155 Å². The van der Waals surface area contributed by atoms with Crippen LogP contribution in [0.15, 0.2) is 0 Å². The zero-order chi connectivity index (χ0) is 26.0. The number of rotatable bonds is 21. The molecule has 5 heteroatoms. The van der Waals surface area contributed by atoms with E-state index < -0.39 is 18.6 Å². The molecule has 2 fully saturated rings. The lowest BCUT2D eigenvalue weighted by Gasteiger charge is -2.55. The Morgan fingerprint density at radius 2 is 1.19 bits per heavy atom. The molecule has 3 unspecified atom stereocenters. The molecule has 0 aliphatic carbocycles. The van der Waals surface area contributed by atoms with Crippen molar-refractivity contribution in [1.29, 1.82) is 0 Å². The van der Waals surface area contributed by atoms with E-state index in [0.29, 0.717) is 6.10 Å². The summed E-state index contributed by atoms with van der Waals surface area (Å²) in [6.07, 6.45) is 30.4. The standard InChI is InChI=1S/C31H64O3Si2/c1-5-6-7-8-9-10-11-12-13-14-15-16-17-18-19-24-29(2)34-35-30(25-20-22-27-32-30)31(36(3)4)26-21-23-28-33-31/h29,36H,5-28,35H2,1-4H3. The normalized spacial score (nSPS) is 26.2. The van der Waals surface area contributed by atoms with E-state index in [1.165, 1.54) is 141 Å². The van der Waals surface area contributed by atoms with Crippen molar-refractivity contribution < 1.29 is 13.9 Å². The molecule has 0 bridgehead atoms. The Morgan fingerprint density at radius 3 is 1.64 bits per heavy atom. The lowest BCUT2D eigenvalue weighted by atomic mass is 9.96. The third kappa shape index (κ3) is 11.2. The summed E-state index contributed by atoms with van der Waals surface area (Å²) in [6, 6.07) is 0. The summed E-state index contributed by atoms with van der Waals surface area (Å²) in [7, 11) is -1.85. The molecule has 214 valence electrons. The van der Waals surface area contributed by atoms with Gasteiger partial charge in [0.05, 0.1) is 14.0 Å². The fourth-order valence-electron chi connectivity index (χ4n) is 6.74. The van der Waals surface area contributed by atoms with Crippen LogP contribution in [0.2, 0.25) is 13.1 Å². The SMILES string of the molecule is CCCCCCCCCCCCCCCCCC(C)O[SiH2]C1(C2([SiH](C)C)CCCCO2)CCCCO1. The van der Waals surface area contributed by atoms with E-state index in [0.717, 1.165) is 13.2 Å². The molecule has 3 nitrogen and oxygen atoms in total. The molecule has 3 atom stereocenters. The Bertz CT molecular complexity index is 516. The summed E-state index contributed by atoms with van der Waals surface area (Å²) in [4.78, 5) is 0. The Labute approximate surface area is 230 Å². The van der Waals surface area contributed by atoms with Crippen molar-refractivity contribution in [2.75, 3.05) is 13.2 Å². The molecule has 0 amide bonds. The van der Waals surface area contributed by atoms with E-state index in [1.54, 1.807) is 0 Å². The molecule has 2 saturated heterocycles. The highest BCUT2D eigenvalue weighted by Crippen LogP contribution is 2.44. The van der Waals surface area contributed by atoms with Gasteiger partial charge in [0.1, 0.15) is 5.22 Å². The zero-order valence-corrected chi connectivity index (χ0v) is 27.6. The van der Waals surface area contributed by atoms with Crippen LogP contribution in [0, 0.1) is 0 Å². The minimum Gasteiger partial charge on any atom is -0.418 e. The van der Waals surface area contributed by atoms with Crippen LogP contribution >= 0.6 is 0 Å². The lowest BCUT2D eigenvalue weighted by Crippen LogP contribution is -2.69. The molecule has 0 aromatic rings. The molecule has 2 aliphatic rings. The van der Waals surface area contributed by atoms with Crippen LogP contribution in [0.5, 0.6) is 0 Å². The van der Waals surface area contributed by atoms with Gasteiger partial charge in [-0.15, -0.1) is 0 Å². The molecular formula is C31H64O3Si2. The van der Waals surface area contributed by atoms with Crippen molar-refractivity contribution in [2.45, 2.75) is 185 Å². The lowest BCUT2D eigenvalue weighted by molar-refractivity contribution is -0.168. The van der Waals surface area contributed by atoms with Crippen molar-refractivity contribution in [2.24, 2.45) is 0 Å². The molecule has 0 radical (unpaired) electrons. The Hall–Kier alpha value is 0.314. The zero-order valence-electron chi connectivity index (χ0n) is 25.1. The van der Waals surface area contributed by atoms with E-state index in [2.05, 4.69) is 26.9 Å². The van der Waals surface area contributed by atoms with Gasteiger partial charge in [0.15, 0.2) is 9.76 Å². The van der Waals surface area contributed by atoms with Gasteiger partial charge in [-0.3, -0.25) is 0 Å². The Kier molecular flexibility index (Phi) is 17.5. The first kappa shape index (κ1) is 32.5. The van der Waals surface area contributed by atoms with Gasteiger partial charge < -0.3 is 13.9 Å².